The largest absolute Gasteiger partial charge is 0.497 e. The van der Waals surface area contributed by atoms with E-state index in [0.717, 1.165) is 43.7 Å². The fraction of sp³-hybridized carbons (Fsp3) is 0.625. The van der Waals surface area contributed by atoms with Crippen molar-refractivity contribution in [1.29, 1.82) is 0 Å². The van der Waals surface area contributed by atoms with Crippen LogP contribution in [0.1, 0.15) is 119 Å². The van der Waals surface area contributed by atoms with Crippen LogP contribution in [-0.2, 0) is 24.2 Å². The fourth-order valence-corrected chi connectivity index (χ4v) is 12.4. The summed E-state index contributed by atoms with van der Waals surface area (Å²) in [6.07, 6.45) is 8.18. The normalized spacial score (nSPS) is 24.2. The average Bonchev–Trinajstić information content (AvgIpc) is 3.52. The molecule has 18 heteroatoms. The van der Waals surface area contributed by atoms with Gasteiger partial charge in [0.1, 0.15) is 40.9 Å². The van der Waals surface area contributed by atoms with Crippen LogP contribution < -0.4 is 30.7 Å². The molecule has 1 saturated heterocycles. The molecule has 1 unspecified atom stereocenters. The molecule has 0 spiro atoms. The summed E-state index contributed by atoms with van der Waals surface area (Å²) in [6, 6.07) is 4.47. The summed E-state index contributed by atoms with van der Waals surface area (Å²) in [7, 11) is -2.07. The molecule has 2 aromatic heterocycles. The van der Waals surface area contributed by atoms with Gasteiger partial charge in [-0.25, -0.2) is 28.0 Å². The van der Waals surface area contributed by atoms with Crippen molar-refractivity contribution in [2.24, 2.45) is 11.3 Å². The van der Waals surface area contributed by atoms with E-state index in [1.165, 1.54) is 22.3 Å². The van der Waals surface area contributed by atoms with Gasteiger partial charge in [0.15, 0.2) is 15.0 Å². The van der Waals surface area contributed by atoms with Gasteiger partial charge in [0, 0.05) is 41.3 Å². The maximum atomic E-state index is 15.4. The summed E-state index contributed by atoms with van der Waals surface area (Å²) in [6.45, 7) is 14.7. The Morgan fingerprint density at radius 2 is 1.68 bits per heavy atom. The molecular formula is C48H67N7O9S2. The summed E-state index contributed by atoms with van der Waals surface area (Å²) in [5.74, 6) is -2.04. The number of rotatable bonds is 16. The van der Waals surface area contributed by atoms with Gasteiger partial charge in [-0.3, -0.25) is 9.59 Å². The van der Waals surface area contributed by atoms with Crippen molar-refractivity contribution in [3.63, 3.8) is 0 Å². The number of nitrogens with zero attached hydrogens (tertiary/aromatic N) is 3. The first-order valence-electron chi connectivity index (χ1n) is 23.3. The average molecular weight is 950 g/mol. The van der Waals surface area contributed by atoms with Crippen LogP contribution in [0.5, 0.6) is 11.5 Å². The number of aliphatic carboxylic acids is 1. The van der Waals surface area contributed by atoms with Gasteiger partial charge in [0.05, 0.1) is 40.9 Å². The summed E-state index contributed by atoms with van der Waals surface area (Å²) in [4.78, 5) is 68.2. The molecule has 66 heavy (non-hydrogen) atoms. The molecule has 3 heterocycles. The van der Waals surface area contributed by atoms with Gasteiger partial charge in [-0.2, -0.15) is 0 Å². The second kappa shape index (κ2) is 19.0. The summed E-state index contributed by atoms with van der Waals surface area (Å²) >= 11 is 1.45. The molecule has 4 amide bonds. The molecule has 1 aromatic carbocycles. The first-order valence-corrected chi connectivity index (χ1v) is 25.8. The molecule has 4 aliphatic rings. The number of sulfone groups is 1. The van der Waals surface area contributed by atoms with E-state index in [1.807, 2.05) is 32.2 Å². The number of fused-ring (bicyclic) bond motifs is 1. The first kappa shape index (κ1) is 48.9. The number of amides is 4. The third kappa shape index (κ3) is 10.3. The maximum absolute atomic E-state index is 15.4. The Bertz CT molecular complexity index is 2440. The maximum Gasteiger partial charge on any atom is 0.330 e. The molecule has 0 bridgehead atoms. The lowest BCUT2D eigenvalue weighted by Gasteiger charge is -2.44. The minimum atomic E-state index is -3.64. The lowest BCUT2D eigenvalue weighted by molar-refractivity contribution is -0.146. The SMILES string of the molecule is C=CC1C[C@]1(NC(=O)[C@@H]1C[C@@H](Oc2cc(-c3csc(NC(C)C)n3)nc3cc(OC)ccc23)CN1C(=O)[C@@H](NC(=O)NC1(CS(=O)(=O)C(C)(C)C)CCCCC1)C1(C)CCCCC1)C(=O)O. The monoisotopic (exact) mass is 949 g/mol. The zero-order chi connectivity index (χ0) is 47.8. The predicted molar refractivity (Wildman–Crippen MR) is 256 cm³/mol. The number of nitrogens with one attached hydrogen (secondary N) is 4. The number of benzene rings is 1. The quantitative estimate of drug-likeness (QED) is 0.0899. The molecule has 1 aliphatic heterocycles. The van der Waals surface area contributed by atoms with Crippen LogP contribution in [-0.4, -0.2) is 112 Å². The van der Waals surface area contributed by atoms with Crippen molar-refractivity contribution in [1.82, 2.24) is 30.8 Å². The molecule has 4 fully saturated rings. The molecule has 360 valence electrons. The first-order chi connectivity index (χ1) is 31.1. The van der Waals surface area contributed by atoms with Crippen LogP contribution in [0.4, 0.5) is 9.93 Å². The highest BCUT2D eigenvalue weighted by atomic mass is 32.2. The van der Waals surface area contributed by atoms with Gasteiger partial charge in [-0.1, -0.05) is 51.5 Å². The summed E-state index contributed by atoms with van der Waals surface area (Å²) in [5.41, 5.74) is -1.57. The molecule has 3 saturated carbocycles. The highest BCUT2D eigenvalue weighted by Crippen LogP contribution is 2.46. The Balaban J connectivity index is 1.23. The zero-order valence-corrected chi connectivity index (χ0v) is 41.0. The number of carbonyl (C=O) groups excluding carboxylic acids is 3. The van der Waals surface area contributed by atoms with Gasteiger partial charge in [0.2, 0.25) is 11.8 Å². The van der Waals surface area contributed by atoms with Crippen molar-refractivity contribution in [3.05, 3.63) is 42.3 Å². The number of aromatic nitrogens is 2. The molecule has 3 aliphatic carbocycles. The van der Waals surface area contributed by atoms with E-state index in [-0.39, 0.29) is 31.2 Å². The topological polar surface area (TPSA) is 218 Å². The highest BCUT2D eigenvalue weighted by Gasteiger charge is 2.61. The second-order valence-corrected chi connectivity index (χ2v) is 24.1. The van der Waals surface area contributed by atoms with Crippen LogP contribution in [0.25, 0.3) is 22.3 Å². The minimum absolute atomic E-state index is 0.0178. The Morgan fingerprint density at radius 3 is 2.29 bits per heavy atom. The molecular weight excluding hydrogens is 883 g/mol. The molecule has 5 N–H and O–H groups in total. The number of carboxylic acids is 1. The standard InChI is InChI=1S/C48H67N7O9S2/c1-9-30-25-48(30,42(58)59)53-40(56)37-23-32(64-38-24-35(36-27-65-44(51-36)49-29(2)3)50-34-22-31(63-8)16-17-33(34)38)26-55(37)41(57)39(46(7)18-12-10-13-19-46)52-43(60)54-47(20-14-11-15-21-47)28-66(61,62)45(4,5)6/h9,16-17,22,24,27,29-30,32,37,39H,1,10-15,18-21,23,25-26,28H2,2-8H3,(H,49,51)(H,53,56)(H,58,59)(H2,52,54,60)/t30?,32-,37+,39-,48-/m1/s1. The van der Waals surface area contributed by atoms with Gasteiger partial charge in [-0.05, 0) is 84.3 Å². The van der Waals surface area contributed by atoms with Crippen LogP contribution >= 0.6 is 11.3 Å². The van der Waals surface area contributed by atoms with E-state index in [4.69, 9.17) is 19.4 Å². The Morgan fingerprint density at radius 1 is 1.00 bits per heavy atom. The molecule has 0 radical (unpaired) electrons. The third-order valence-corrected chi connectivity index (χ3v) is 17.7. The zero-order valence-electron chi connectivity index (χ0n) is 39.3. The van der Waals surface area contributed by atoms with E-state index < -0.39 is 79.0 Å². The number of pyridine rings is 1. The van der Waals surface area contributed by atoms with Crippen molar-refractivity contribution < 1.29 is 42.2 Å². The van der Waals surface area contributed by atoms with Crippen LogP contribution in [0.15, 0.2) is 42.3 Å². The predicted octanol–water partition coefficient (Wildman–Crippen LogP) is 7.24. The van der Waals surface area contributed by atoms with Crippen molar-refractivity contribution >= 4 is 61.0 Å². The molecule has 7 rings (SSSR count). The Kier molecular flexibility index (Phi) is 14.1. The number of methoxy groups -OCH3 is 1. The van der Waals surface area contributed by atoms with Gasteiger partial charge >= 0.3 is 12.0 Å². The van der Waals surface area contributed by atoms with Gasteiger partial charge < -0.3 is 40.7 Å². The van der Waals surface area contributed by atoms with Crippen molar-refractivity contribution in [2.45, 2.75) is 159 Å². The third-order valence-electron chi connectivity index (χ3n) is 14.1. The number of carboxylic acid groups (broad SMARTS) is 1. The Hall–Kier alpha value is -4.97. The van der Waals surface area contributed by atoms with E-state index in [2.05, 4.69) is 27.8 Å². The van der Waals surface area contributed by atoms with E-state index >= 15 is 4.79 Å². The van der Waals surface area contributed by atoms with Gasteiger partial charge in [-0.15, -0.1) is 17.9 Å². The number of thiazole rings is 1. The van der Waals surface area contributed by atoms with Crippen molar-refractivity contribution in [2.75, 3.05) is 24.7 Å². The van der Waals surface area contributed by atoms with E-state index in [1.54, 1.807) is 46.1 Å². The van der Waals surface area contributed by atoms with Crippen LogP contribution in [0.2, 0.25) is 0 Å². The van der Waals surface area contributed by atoms with E-state index in [9.17, 15) is 27.9 Å². The summed E-state index contributed by atoms with van der Waals surface area (Å²) < 4.78 is 38.6. The summed E-state index contributed by atoms with van der Waals surface area (Å²) in [5, 5.41) is 25.8. The molecule has 5 atom stereocenters. The lowest BCUT2D eigenvalue weighted by atomic mass is 9.70. The number of ether oxygens (including phenoxy) is 2. The number of likely N-dealkylation sites (tertiary alicyclic amines) is 1. The Labute approximate surface area is 392 Å². The number of hydrogen-bond donors (Lipinski definition) is 5. The number of hydrogen-bond acceptors (Lipinski definition) is 12. The molecule has 16 nitrogen and oxygen atoms in total. The van der Waals surface area contributed by atoms with Crippen molar-refractivity contribution in [3.8, 4) is 22.9 Å². The highest BCUT2D eigenvalue weighted by molar-refractivity contribution is 7.92. The smallest absolute Gasteiger partial charge is 0.330 e. The fourth-order valence-electron chi connectivity index (χ4n) is 9.98. The lowest BCUT2D eigenvalue weighted by Crippen LogP contribution is -2.64. The van der Waals surface area contributed by atoms with Gasteiger partial charge in [0.25, 0.3) is 0 Å². The number of carbonyl (C=O) groups is 4. The number of urea groups is 1. The van der Waals surface area contributed by atoms with Crippen LogP contribution in [0, 0.1) is 11.3 Å². The molecule has 3 aromatic rings. The number of anilines is 1. The minimum Gasteiger partial charge on any atom is -0.497 e. The van der Waals surface area contributed by atoms with E-state index in [0.29, 0.717) is 59.5 Å². The van der Waals surface area contributed by atoms with Crippen LogP contribution in [0.3, 0.4) is 0 Å². The second-order valence-electron chi connectivity index (χ2n) is 20.5.